The summed E-state index contributed by atoms with van der Waals surface area (Å²) >= 11 is 3.45. The first-order chi connectivity index (χ1) is 12.7. The van der Waals surface area contributed by atoms with Crippen molar-refractivity contribution in [1.29, 1.82) is 0 Å². The minimum Gasteiger partial charge on any atom is -0.334 e. The van der Waals surface area contributed by atoms with Gasteiger partial charge in [-0.15, -0.1) is 0 Å². The number of aryl methyl sites for hydroxylation is 1. The zero-order valence-electron chi connectivity index (χ0n) is 13.9. The van der Waals surface area contributed by atoms with Crippen molar-refractivity contribution in [1.82, 2.24) is 19.5 Å². The molecule has 130 valence electrons. The molecule has 0 saturated heterocycles. The summed E-state index contributed by atoms with van der Waals surface area (Å²) in [7, 11) is 0. The summed E-state index contributed by atoms with van der Waals surface area (Å²) in [4.78, 5) is 9.10. The zero-order valence-corrected chi connectivity index (χ0v) is 15.5. The maximum absolute atomic E-state index is 6.20. The fraction of sp³-hybridized carbons (Fsp3) is 0.211. The minimum atomic E-state index is 0.128. The molecular formula is C19H16BrN5O. The summed E-state index contributed by atoms with van der Waals surface area (Å²) < 4.78 is 8.39. The van der Waals surface area contributed by atoms with Gasteiger partial charge in [0.2, 0.25) is 5.82 Å². The van der Waals surface area contributed by atoms with Crippen molar-refractivity contribution >= 4 is 21.6 Å². The molecule has 3 heterocycles. The van der Waals surface area contributed by atoms with Crippen LogP contribution in [0, 0.1) is 0 Å². The molecule has 26 heavy (non-hydrogen) atoms. The third-order valence-electron chi connectivity index (χ3n) is 4.83. The number of imidazole rings is 1. The largest absolute Gasteiger partial charge is 0.334 e. The number of nitrogens with zero attached hydrogens (tertiary/aromatic N) is 4. The molecule has 0 unspecified atom stereocenters. The van der Waals surface area contributed by atoms with Gasteiger partial charge >= 0.3 is 0 Å². The van der Waals surface area contributed by atoms with E-state index in [0.29, 0.717) is 17.4 Å². The maximum Gasteiger partial charge on any atom is 0.258 e. The van der Waals surface area contributed by atoms with Gasteiger partial charge in [-0.3, -0.25) is 0 Å². The SMILES string of the molecule is N[C@H]1CCCc2cc(-c3nc(-c4cn5ccc(Br)cc5n4)no3)ccc21. The van der Waals surface area contributed by atoms with Crippen molar-refractivity contribution in [3.05, 3.63) is 58.3 Å². The van der Waals surface area contributed by atoms with Crippen LogP contribution < -0.4 is 5.73 Å². The molecule has 1 aliphatic rings. The van der Waals surface area contributed by atoms with Gasteiger partial charge in [0, 0.05) is 28.5 Å². The van der Waals surface area contributed by atoms with Crippen LogP contribution in [0.4, 0.5) is 0 Å². The molecule has 6 nitrogen and oxygen atoms in total. The van der Waals surface area contributed by atoms with E-state index in [0.717, 1.165) is 34.9 Å². The Labute approximate surface area is 158 Å². The Balaban J connectivity index is 1.51. The second-order valence-corrected chi connectivity index (χ2v) is 7.49. The highest BCUT2D eigenvalue weighted by Gasteiger charge is 2.19. The molecule has 0 amide bonds. The molecule has 1 aromatic carbocycles. The number of aromatic nitrogens is 4. The Morgan fingerprint density at radius 1 is 1.19 bits per heavy atom. The molecule has 0 bridgehead atoms. The molecule has 7 heteroatoms. The molecule has 4 aromatic rings. The first kappa shape index (κ1) is 15.7. The van der Waals surface area contributed by atoms with Gasteiger partial charge in [0.1, 0.15) is 11.3 Å². The third kappa shape index (κ3) is 2.64. The molecule has 5 rings (SSSR count). The Kier molecular flexibility index (Phi) is 3.65. The van der Waals surface area contributed by atoms with Crippen LogP contribution in [0.5, 0.6) is 0 Å². The van der Waals surface area contributed by atoms with Gasteiger partial charge in [0.15, 0.2) is 0 Å². The summed E-state index contributed by atoms with van der Waals surface area (Å²) in [6, 6.07) is 10.2. The first-order valence-electron chi connectivity index (χ1n) is 8.54. The molecule has 1 aliphatic carbocycles. The lowest BCUT2D eigenvalue weighted by Crippen LogP contribution is -2.17. The average Bonchev–Trinajstić information content (AvgIpc) is 3.28. The van der Waals surface area contributed by atoms with E-state index in [1.165, 1.54) is 11.1 Å². The molecule has 1 atom stereocenters. The Morgan fingerprint density at radius 3 is 3.04 bits per heavy atom. The highest BCUT2D eigenvalue weighted by Crippen LogP contribution is 2.31. The van der Waals surface area contributed by atoms with E-state index < -0.39 is 0 Å². The van der Waals surface area contributed by atoms with Gasteiger partial charge in [-0.25, -0.2) is 4.98 Å². The number of fused-ring (bicyclic) bond motifs is 2. The van der Waals surface area contributed by atoms with Crippen LogP contribution in [-0.2, 0) is 6.42 Å². The quantitative estimate of drug-likeness (QED) is 0.537. The van der Waals surface area contributed by atoms with Gasteiger partial charge in [-0.1, -0.05) is 27.2 Å². The summed E-state index contributed by atoms with van der Waals surface area (Å²) in [5, 5.41) is 4.11. The van der Waals surface area contributed by atoms with E-state index in [4.69, 9.17) is 10.3 Å². The van der Waals surface area contributed by atoms with E-state index in [-0.39, 0.29) is 6.04 Å². The van der Waals surface area contributed by atoms with E-state index in [9.17, 15) is 0 Å². The van der Waals surface area contributed by atoms with Gasteiger partial charge in [-0.05, 0) is 54.7 Å². The second kappa shape index (κ2) is 6.03. The van der Waals surface area contributed by atoms with Crippen LogP contribution in [0.1, 0.15) is 30.0 Å². The van der Waals surface area contributed by atoms with Crippen LogP contribution in [0.3, 0.4) is 0 Å². The lowest BCUT2D eigenvalue weighted by Gasteiger charge is -2.22. The number of benzene rings is 1. The standard InChI is InChI=1S/C19H16BrN5O/c20-13-6-7-25-10-16(22-17(25)9-13)18-23-19(26-24-18)12-4-5-14-11(8-12)2-1-3-15(14)21/h4-10,15H,1-3,21H2/t15-/m0/s1. The van der Waals surface area contributed by atoms with E-state index >= 15 is 0 Å². The molecule has 3 aromatic heterocycles. The smallest absolute Gasteiger partial charge is 0.258 e. The lowest BCUT2D eigenvalue weighted by atomic mass is 9.87. The monoisotopic (exact) mass is 409 g/mol. The van der Waals surface area contributed by atoms with Crippen molar-refractivity contribution in [2.75, 3.05) is 0 Å². The fourth-order valence-electron chi connectivity index (χ4n) is 3.49. The van der Waals surface area contributed by atoms with Crippen LogP contribution in [0.15, 0.2) is 51.7 Å². The number of halogens is 1. The molecule has 0 radical (unpaired) electrons. The van der Waals surface area contributed by atoms with Crippen LogP contribution in [0.25, 0.3) is 28.6 Å². The summed E-state index contributed by atoms with van der Waals surface area (Å²) in [6.45, 7) is 0. The summed E-state index contributed by atoms with van der Waals surface area (Å²) in [6.07, 6.45) is 7.02. The normalized spacial score (nSPS) is 16.8. The second-order valence-electron chi connectivity index (χ2n) is 6.57. The summed E-state index contributed by atoms with van der Waals surface area (Å²) in [5.74, 6) is 0.981. The highest BCUT2D eigenvalue weighted by molar-refractivity contribution is 9.10. The van der Waals surface area contributed by atoms with Crippen LogP contribution >= 0.6 is 15.9 Å². The zero-order chi connectivity index (χ0) is 17.7. The van der Waals surface area contributed by atoms with Crippen molar-refractivity contribution in [3.8, 4) is 23.0 Å². The Bertz CT molecular complexity index is 1120. The lowest BCUT2D eigenvalue weighted by molar-refractivity contribution is 0.432. The van der Waals surface area contributed by atoms with E-state index in [1.54, 1.807) is 0 Å². The minimum absolute atomic E-state index is 0.128. The van der Waals surface area contributed by atoms with Gasteiger partial charge in [0.05, 0.1) is 0 Å². The van der Waals surface area contributed by atoms with Gasteiger partial charge in [0.25, 0.3) is 5.89 Å². The van der Waals surface area contributed by atoms with Gasteiger partial charge in [-0.2, -0.15) is 4.98 Å². The first-order valence-corrected chi connectivity index (χ1v) is 9.34. The van der Waals surface area contributed by atoms with E-state index in [2.05, 4.69) is 43.2 Å². The fourth-order valence-corrected chi connectivity index (χ4v) is 3.82. The summed E-state index contributed by atoms with van der Waals surface area (Å²) in [5.41, 5.74) is 11.1. The molecule has 2 N–H and O–H groups in total. The number of rotatable bonds is 2. The van der Waals surface area contributed by atoms with Crippen molar-refractivity contribution in [2.45, 2.75) is 25.3 Å². The molecule has 0 fully saturated rings. The third-order valence-corrected chi connectivity index (χ3v) is 5.32. The van der Waals surface area contributed by atoms with Crippen molar-refractivity contribution in [3.63, 3.8) is 0 Å². The number of hydrogen-bond acceptors (Lipinski definition) is 5. The van der Waals surface area contributed by atoms with E-state index in [1.807, 2.05) is 35.0 Å². The number of hydrogen-bond donors (Lipinski definition) is 1. The van der Waals surface area contributed by atoms with Crippen LogP contribution in [-0.4, -0.2) is 19.5 Å². The van der Waals surface area contributed by atoms with Crippen molar-refractivity contribution in [2.24, 2.45) is 5.73 Å². The maximum atomic E-state index is 6.20. The Morgan fingerprint density at radius 2 is 2.12 bits per heavy atom. The van der Waals surface area contributed by atoms with Crippen LogP contribution in [0.2, 0.25) is 0 Å². The Hall–Kier alpha value is -2.51. The predicted molar refractivity (Wildman–Crippen MR) is 101 cm³/mol. The predicted octanol–water partition coefficient (Wildman–Crippen LogP) is 4.15. The number of nitrogens with two attached hydrogens (primary N) is 1. The molecule has 0 spiro atoms. The number of pyridine rings is 1. The molecule has 0 saturated carbocycles. The molecular weight excluding hydrogens is 394 g/mol. The van der Waals surface area contributed by atoms with Gasteiger partial charge < -0.3 is 14.7 Å². The molecule has 0 aliphatic heterocycles. The average molecular weight is 410 g/mol. The highest BCUT2D eigenvalue weighted by atomic mass is 79.9. The topological polar surface area (TPSA) is 82.2 Å². The van der Waals surface area contributed by atoms with Crippen molar-refractivity contribution < 1.29 is 4.52 Å².